The van der Waals surface area contributed by atoms with Crippen molar-refractivity contribution in [2.75, 3.05) is 52.5 Å². The molecule has 46 heavy (non-hydrogen) atoms. The molecule has 6 heteroatoms. The lowest BCUT2D eigenvalue weighted by atomic mass is 10.0. The number of carbonyl (C=O) groups is 2. The molecule has 0 N–H and O–H groups in total. The van der Waals surface area contributed by atoms with E-state index in [1.54, 1.807) is 0 Å². The lowest BCUT2D eigenvalue weighted by Gasteiger charge is -2.34. The second-order valence-corrected chi connectivity index (χ2v) is 13.1. The van der Waals surface area contributed by atoms with Crippen LogP contribution in [-0.4, -0.2) is 74.2 Å². The van der Waals surface area contributed by atoms with Gasteiger partial charge in [0.15, 0.2) is 0 Å². The largest absolute Gasteiger partial charge is 0.461 e. The van der Waals surface area contributed by atoms with Crippen molar-refractivity contribution in [3.05, 3.63) is 70.8 Å². The Kier molecular flexibility index (Phi) is 19.4. The van der Waals surface area contributed by atoms with E-state index >= 15 is 0 Å². The number of carbonyl (C=O) groups excluding carboxylic acids is 2. The fraction of sp³-hybridized carbons (Fsp3) is 0.650. The first-order valence-corrected chi connectivity index (χ1v) is 18.6. The van der Waals surface area contributed by atoms with Crippen molar-refractivity contribution in [3.8, 4) is 0 Å². The first-order valence-electron chi connectivity index (χ1n) is 18.6. The molecule has 0 unspecified atom stereocenters. The van der Waals surface area contributed by atoms with Crippen molar-refractivity contribution in [2.24, 2.45) is 0 Å². The summed E-state index contributed by atoms with van der Waals surface area (Å²) < 4.78 is 11.1. The average Bonchev–Trinajstić information content (AvgIpc) is 3.08. The lowest BCUT2D eigenvalue weighted by Crippen LogP contribution is -2.48. The van der Waals surface area contributed by atoms with E-state index in [0.717, 1.165) is 52.1 Å². The zero-order valence-electron chi connectivity index (χ0n) is 29.1. The molecule has 1 aliphatic rings. The number of ether oxygens (including phenoxy) is 2. The van der Waals surface area contributed by atoms with Gasteiger partial charge in [-0.3, -0.25) is 9.80 Å². The van der Waals surface area contributed by atoms with Crippen LogP contribution in [0.1, 0.15) is 136 Å². The molecule has 0 bridgehead atoms. The van der Waals surface area contributed by atoms with Crippen LogP contribution in [0.2, 0.25) is 0 Å². The maximum absolute atomic E-state index is 12.5. The minimum atomic E-state index is -0.245. The molecule has 0 aromatic heterocycles. The maximum atomic E-state index is 12.5. The third-order valence-corrected chi connectivity index (χ3v) is 9.26. The van der Waals surface area contributed by atoms with Crippen LogP contribution in [0.15, 0.2) is 48.5 Å². The van der Waals surface area contributed by atoms with E-state index in [9.17, 15) is 9.59 Å². The van der Waals surface area contributed by atoms with Crippen LogP contribution in [0.5, 0.6) is 0 Å². The van der Waals surface area contributed by atoms with Gasteiger partial charge >= 0.3 is 11.9 Å². The van der Waals surface area contributed by atoms with Crippen LogP contribution < -0.4 is 0 Å². The molecule has 1 heterocycles. The number of hydrogen-bond acceptors (Lipinski definition) is 6. The van der Waals surface area contributed by atoms with Gasteiger partial charge in [0.1, 0.15) is 13.2 Å². The van der Waals surface area contributed by atoms with Crippen molar-refractivity contribution in [1.29, 1.82) is 0 Å². The number of benzene rings is 2. The van der Waals surface area contributed by atoms with Crippen LogP contribution in [0, 0.1) is 0 Å². The van der Waals surface area contributed by atoms with Gasteiger partial charge in [0, 0.05) is 39.3 Å². The molecular formula is C40H62N2O4. The molecule has 0 saturated carbocycles. The first-order chi connectivity index (χ1) is 22.6. The SMILES string of the molecule is CCCCCCCCCc1ccc(C(=O)OCCN2CCN(CCOC(=O)c3ccc(CCCCCCCCC)cc3)CC2)cc1. The van der Waals surface area contributed by atoms with Gasteiger partial charge in [-0.2, -0.15) is 0 Å². The van der Waals surface area contributed by atoms with Crippen molar-refractivity contribution < 1.29 is 19.1 Å². The van der Waals surface area contributed by atoms with Crippen LogP contribution in [0.3, 0.4) is 0 Å². The van der Waals surface area contributed by atoms with E-state index in [4.69, 9.17) is 9.47 Å². The van der Waals surface area contributed by atoms with Crippen LogP contribution in [0.25, 0.3) is 0 Å². The Labute approximate surface area is 280 Å². The molecular weight excluding hydrogens is 572 g/mol. The zero-order valence-corrected chi connectivity index (χ0v) is 29.1. The average molecular weight is 635 g/mol. The first kappa shape index (κ1) is 37.8. The van der Waals surface area contributed by atoms with Crippen molar-refractivity contribution in [1.82, 2.24) is 9.80 Å². The van der Waals surface area contributed by atoms with Crippen molar-refractivity contribution in [2.45, 2.75) is 117 Å². The monoisotopic (exact) mass is 634 g/mol. The van der Waals surface area contributed by atoms with Crippen LogP contribution in [-0.2, 0) is 22.3 Å². The Morgan fingerprint density at radius 1 is 0.500 bits per heavy atom. The number of rotatable bonds is 24. The number of piperazine rings is 1. The predicted octanol–water partition coefficient (Wildman–Crippen LogP) is 8.90. The van der Waals surface area contributed by atoms with Gasteiger partial charge in [-0.1, -0.05) is 115 Å². The summed E-state index contributed by atoms with van der Waals surface area (Å²) in [5, 5.41) is 0. The maximum Gasteiger partial charge on any atom is 0.338 e. The minimum absolute atomic E-state index is 0.245. The van der Waals surface area contributed by atoms with Gasteiger partial charge in [-0.05, 0) is 61.1 Å². The molecule has 0 aliphatic carbocycles. The van der Waals surface area contributed by atoms with E-state index in [0.29, 0.717) is 24.3 Å². The highest BCUT2D eigenvalue weighted by atomic mass is 16.5. The summed E-state index contributed by atoms with van der Waals surface area (Å²) in [6.07, 6.45) is 20.5. The smallest absolute Gasteiger partial charge is 0.338 e. The normalized spacial score (nSPS) is 14.0. The fourth-order valence-corrected chi connectivity index (χ4v) is 6.13. The van der Waals surface area contributed by atoms with Crippen molar-refractivity contribution in [3.63, 3.8) is 0 Å². The highest BCUT2D eigenvalue weighted by Crippen LogP contribution is 2.14. The Bertz CT molecular complexity index is 990. The minimum Gasteiger partial charge on any atom is -0.461 e. The topological polar surface area (TPSA) is 59.1 Å². The lowest BCUT2D eigenvalue weighted by molar-refractivity contribution is 0.0352. The van der Waals surface area contributed by atoms with Gasteiger partial charge < -0.3 is 9.47 Å². The molecule has 256 valence electrons. The van der Waals surface area contributed by atoms with Gasteiger partial charge in [0.05, 0.1) is 11.1 Å². The molecule has 6 nitrogen and oxygen atoms in total. The third-order valence-electron chi connectivity index (χ3n) is 9.26. The molecule has 3 rings (SSSR count). The summed E-state index contributed by atoms with van der Waals surface area (Å²) in [6.45, 7) is 10.4. The van der Waals surface area contributed by atoms with E-state index in [2.05, 4.69) is 47.9 Å². The highest BCUT2D eigenvalue weighted by Gasteiger charge is 2.18. The second-order valence-electron chi connectivity index (χ2n) is 13.1. The van der Waals surface area contributed by atoms with Crippen molar-refractivity contribution >= 4 is 11.9 Å². The second kappa shape index (κ2) is 23.6. The molecule has 0 amide bonds. The van der Waals surface area contributed by atoms with Gasteiger partial charge in [-0.25, -0.2) is 9.59 Å². The molecule has 0 radical (unpaired) electrons. The number of esters is 2. The number of hydrogen-bond donors (Lipinski definition) is 0. The summed E-state index contributed by atoms with van der Waals surface area (Å²) >= 11 is 0. The third kappa shape index (κ3) is 15.7. The zero-order chi connectivity index (χ0) is 32.7. The molecule has 1 saturated heterocycles. The highest BCUT2D eigenvalue weighted by molar-refractivity contribution is 5.89. The fourth-order valence-electron chi connectivity index (χ4n) is 6.13. The molecule has 0 atom stereocenters. The van der Waals surface area contributed by atoms with E-state index in [-0.39, 0.29) is 11.9 Å². The number of unbranched alkanes of at least 4 members (excludes halogenated alkanes) is 12. The Morgan fingerprint density at radius 3 is 1.17 bits per heavy atom. The summed E-state index contributed by atoms with van der Waals surface area (Å²) in [4.78, 5) is 29.7. The number of nitrogens with zero attached hydrogens (tertiary/aromatic N) is 2. The number of aryl methyl sites for hydroxylation is 2. The van der Waals surface area contributed by atoms with Gasteiger partial charge in [0.25, 0.3) is 0 Å². The van der Waals surface area contributed by atoms with Gasteiger partial charge in [-0.15, -0.1) is 0 Å². The standard InChI is InChI=1S/C40H62N2O4/c1-3-5-7-9-11-13-15-17-35-19-23-37(24-20-35)39(43)45-33-31-41-27-29-42(30-28-41)32-34-46-40(44)38-25-21-36(22-26-38)18-16-14-12-10-8-6-4-2/h19-26H,3-18,27-34H2,1-2H3. The van der Waals surface area contributed by atoms with Crippen LogP contribution >= 0.6 is 0 Å². The summed E-state index contributed by atoms with van der Waals surface area (Å²) in [7, 11) is 0. The Morgan fingerprint density at radius 2 is 0.826 bits per heavy atom. The predicted molar refractivity (Wildman–Crippen MR) is 190 cm³/mol. The molecule has 1 fully saturated rings. The molecule has 2 aromatic rings. The quantitative estimate of drug-likeness (QED) is 0.0849. The van der Waals surface area contributed by atoms with Gasteiger partial charge in [0.2, 0.25) is 0 Å². The summed E-state index contributed by atoms with van der Waals surface area (Å²) in [5.41, 5.74) is 3.84. The van der Waals surface area contributed by atoms with E-state index in [1.165, 1.54) is 101 Å². The summed E-state index contributed by atoms with van der Waals surface area (Å²) in [6, 6.07) is 15.9. The Hall–Kier alpha value is -2.70. The Balaban J connectivity index is 1.20. The summed E-state index contributed by atoms with van der Waals surface area (Å²) in [5.74, 6) is -0.489. The molecule has 0 spiro atoms. The van der Waals surface area contributed by atoms with E-state index in [1.807, 2.05) is 24.3 Å². The van der Waals surface area contributed by atoms with E-state index < -0.39 is 0 Å². The molecule has 1 aliphatic heterocycles. The van der Waals surface area contributed by atoms with Crippen LogP contribution in [0.4, 0.5) is 0 Å². The molecule has 2 aromatic carbocycles.